The van der Waals surface area contributed by atoms with Gasteiger partial charge in [-0.25, -0.2) is 28.4 Å². The molecule has 67 heavy (non-hydrogen) atoms. The number of benzene rings is 5. The van der Waals surface area contributed by atoms with E-state index >= 15 is 0 Å². The molecule has 0 atom stereocenters. The molecule has 0 fully saturated rings. The molecule has 0 N–H and O–H groups in total. The standard InChI is InChI=1S/C18H18N2O.C17H16N2O3S.C16H16N4O3/c1-3-13-9-11-14(12-10-13)17-18(21)20(4-2)16-8-6-5-7-15(16)19-17;1-3-19-15-7-5-4-6-14(15)18-16(17(19)20)12-8-10-13(11-9-12)23(2,21)22;1-4-20-12-8-6-5-7-11(12)18-13(15(20)21)10-9-17-16(23-3)19-14(10)22-2/h5-12H,3-4H2,1-2H3;4-11H,3H2,1-2H3;5-9H,4H2,1-3H3. The van der Waals surface area contributed by atoms with Gasteiger partial charge in [-0.2, -0.15) is 4.98 Å². The average molecular weight is 919 g/mol. The molecule has 0 bridgehead atoms. The van der Waals surface area contributed by atoms with Crippen LogP contribution in [0.5, 0.6) is 11.9 Å². The molecule has 9 rings (SSSR count). The highest BCUT2D eigenvalue weighted by atomic mass is 32.2. The molecule has 15 nitrogen and oxygen atoms in total. The summed E-state index contributed by atoms with van der Waals surface area (Å²) in [5, 5.41) is 0. The van der Waals surface area contributed by atoms with Crippen molar-refractivity contribution in [2.75, 3.05) is 20.5 Å². The highest BCUT2D eigenvalue weighted by molar-refractivity contribution is 7.90. The predicted octanol–water partition coefficient (Wildman–Crippen LogP) is 8.02. The molecule has 0 spiro atoms. The first kappa shape index (κ1) is 47.1. The first-order chi connectivity index (χ1) is 32.3. The van der Waals surface area contributed by atoms with Crippen LogP contribution in [0, 0.1) is 0 Å². The SMILES string of the molecule is CCc1ccc(-c2nc3ccccc3n(CC)c2=O)cc1.CCn1c(=O)c(-c2ccc(S(C)(=O)=O)cc2)nc2ccccc21.CCn1c(=O)c(-c2cnc(OC)nc2OC)nc2ccccc21. The predicted molar refractivity (Wildman–Crippen MR) is 263 cm³/mol. The molecule has 5 aromatic carbocycles. The molecular weight excluding hydrogens is 869 g/mol. The van der Waals surface area contributed by atoms with Crippen molar-refractivity contribution in [2.45, 2.75) is 58.6 Å². The van der Waals surface area contributed by atoms with Crippen molar-refractivity contribution in [1.29, 1.82) is 0 Å². The normalized spacial score (nSPS) is 11.1. The van der Waals surface area contributed by atoms with E-state index in [1.807, 2.05) is 106 Å². The van der Waals surface area contributed by atoms with Crippen molar-refractivity contribution in [3.8, 4) is 45.7 Å². The zero-order valence-electron chi connectivity index (χ0n) is 38.3. The number of fused-ring (bicyclic) bond motifs is 3. The van der Waals surface area contributed by atoms with Crippen molar-refractivity contribution in [1.82, 2.24) is 38.6 Å². The fraction of sp³-hybridized carbons (Fsp3) is 0.216. The van der Waals surface area contributed by atoms with E-state index in [1.54, 1.807) is 25.8 Å². The van der Waals surface area contributed by atoms with Crippen LogP contribution in [-0.4, -0.2) is 67.5 Å². The Labute approximate surface area is 387 Å². The first-order valence-electron chi connectivity index (χ1n) is 21.7. The van der Waals surface area contributed by atoms with Crippen molar-refractivity contribution in [3.63, 3.8) is 0 Å². The summed E-state index contributed by atoms with van der Waals surface area (Å²) in [6.45, 7) is 9.64. The second-order valence-corrected chi connectivity index (χ2v) is 17.1. The Balaban J connectivity index is 0.000000149. The highest BCUT2D eigenvalue weighted by Gasteiger charge is 2.19. The van der Waals surface area contributed by atoms with Crippen molar-refractivity contribution in [3.05, 3.63) is 164 Å². The van der Waals surface area contributed by atoms with Crippen LogP contribution in [0.3, 0.4) is 0 Å². The van der Waals surface area contributed by atoms with Crippen LogP contribution in [0.25, 0.3) is 66.9 Å². The van der Waals surface area contributed by atoms with Gasteiger partial charge in [0, 0.05) is 43.2 Å². The maximum Gasteiger partial charge on any atom is 0.319 e. The van der Waals surface area contributed by atoms with Crippen LogP contribution in [0.2, 0.25) is 0 Å². The molecule has 0 aliphatic rings. The average Bonchev–Trinajstić information content (AvgIpc) is 3.36. The van der Waals surface area contributed by atoms with E-state index in [0.29, 0.717) is 42.1 Å². The number of sulfone groups is 1. The number of hydrogen-bond acceptors (Lipinski definition) is 12. The minimum absolute atomic E-state index is 0.0274. The largest absolute Gasteiger partial charge is 0.480 e. The van der Waals surface area contributed by atoms with Gasteiger partial charge in [-0.15, -0.1) is 0 Å². The highest BCUT2D eigenvalue weighted by Crippen LogP contribution is 2.27. The molecule has 0 aliphatic heterocycles. The molecule has 0 saturated carbocycles. The zero-order chi connectivity index (χ0) is 47.8. The fourth-order valence-corrected chi connectivity index (χ4v) is 8.23. The van der Waals surface area contributed by atoms with E-state index in [1.165, 1.54) is 38.1 Å². The lowest BCUT2D eigenvalue weighted by atomic mass is 10.1. The number of aryl methyl sites for hydroxylation is 4. The van der Waals surface area contributed by atoms with Crippen LogP contribution >= 0.6 is 0 Å². The van der Waals surface area contributed by atoms with Gasteiger partial charge >= 0.3 is 6.01 Å². The van der Waals surface area contributed by atoms with Gasteiger partial charge in [0.15, 0.2) is 9.84 Å². The molecule has 342 valence electrons. The quantitative estimate of drug-likeness (QED) is 0.129. The molecule has 9 aromatic rings. The van der Waals surface area contributed by atoms with Gasteiger partial charge in [0.1, 0.15) is 17.1 Å². The van der Waals surface area contributed by atoms with Crippen LogP contribution in [0.4, 0.5) is 0 Å². The number of aromatic nitrogens is 8. The summed E-state index contributed by atoms with van der Waals surface area (Å²) < 4.78 is 38.5. The van der Waals surface area contributed by atoms with Gasteiger partial charge < -0.3 is 23.2 Å². The second-order valence-electron chi connectivity index (χ2n) is 15.1. The second kappa shape index (κ2) is 20.5. The maximum atomic E-state index is 12.8. The smallest absolute Gasteiger partial charge is 0.319 e. The lowest BCUT2D eigenvalue weighted by Gasteiger charge is -2.12. The van der Waals surface area contributed by atoms with Gasteiger partial charge in [-0.3, -0.25) is 14.4 Å². The number of hydrogen-bond donors (Lipinski definition) is 0. The molecule has 4 aromatic heterocycles. The van der Waals surface area contributed by atoms with E-state index in [-0.39, 0.29) is 39.2 Å². The third-order valence-corrected chi connectivity index (χ3v) is 12.2. The summed E-state index contributed by atoms with van der Waals surface area (Å²) in [5.41, 5.74) is 8.65. The number of methoxy groups -OCH3 is 2. The van der Waals surface area contributed by atoms with Crippen molar-refractivity contribution in [2.24, 2.45) is 0 Å². The zero-order valence-corrected chi connectivity index (χ0v) is 39.1. The summed E-state index contributed by atoms with van der Waals surface area (Å²) in [6.07, 6.45) is 3.63. The lowest BCUT2D eigenvalue weighted by molar-refractivity contribution is 0.353. The number of para-hydroxylation sites is 6. The summed E-state index contributed by atoms with van der Waals surface area (Å²) in [7, 11) is -0.321. The number of ether oxygens (including phenoxy) is 2. The van der Waals surface area contributed by atoms with Crippen molar-refractivity contribution >= 4 is 42.9 Å². The van der Waals surface area contributed by atoms with Crippen molar-refractivity contribution < 1.29 is 17.9 Å². The van der Waals surface area contributed by atoms with Gasteiger partial charge in [0.05, 0.1) is 57.8 Å². The molecule has 0 unspecified atom stereocenters. The number of nitrogens with zero attached hydrogens (tertiary/aromatic N) is 8. The van der Waals surface area contributed by atoms with Gasteiger partial charge in [-0.1, -0.05) is 79.7 Å². The number of rotatable bonds is 10. The van der Waals surface area contributed by atoms with E-state index in [4.69, 9.17) is 9.47 Å². The van der Waals surface area contributed by atoms with Crippen LogP contribution in [0.1, 0.15) is 33.3 Å². The fourth-order valence-electron chi connectivity index (χ4n) is 7.60. The Hall–Kier alpha value is -7.85. The minimum Gasteiger partial charge on any atom is -0.480 e. The summed E-state index contributed by atoms with van der Waals surface area (Å²) in [6, 6.07) is 37.2. The van der Waals surface area contributed by atoms with Gasteiger partial charge in [-0.05, 0) is 81.3 Å². The molecule has 0 aliphatic carbocycles. The minimum atomic E-state index is -3.26. The Bertz CT molecular complexity index is 3540. The Morgan fingerprint density at radius 3 is 1.30 bits per heavy atom. The summed E-state index contributed by atoms with van der Waals surface area (Å²) >= 11 is 0. The maximum absolute atomic E-state index is 12.8. The van der Waals surface area contributed by atoms with Gasteiger partial charge in [0.25, 0.3) is 16.7 Å². The summed E-state index contributed by atoms with van der Waals surface area (Å²) in [5.74, 6) is 0.249. The van der Waals surface area contributed by atoms with E-state index in [0.717, 1.165) is 51.3 Å². The molecule has 0 saturated heterocycles. The van der Waals surface area contributed by atoms with Gasteiger partial charge in [0.2, 0.25) is 5.88 Å². The monoisotopic (exact) mass is 918 g/mol. The molecule has 0 radical (unpaired) electrons. The Morgan fingerprint density at radius 2 is 0.910 bits per heavy atom. The first-order valence-corrected chi connectivity index (χ1v) is 23.6. The Morgan fingerprint density at radius 1 is 0.507 bits per heavy atom. The third kappa shape index (κ3) is 9.89. The van der Waals surface area contributed by atoms with Crippen LogP contribution in [-0.2, 0) is 35.9 Å². The molecule has 0 amide bonds. The third-order valence-electron chi connectivity index (χ3n) is 11.1. The molecule has 16 heteroatoms. The molecular formula is C51H50N8O7S. The van der Waals surface area contributed by atoms with E-state index in [2.05, 4.69) is 44.0 Å². The molecule has 4 heterocycles. The van der Waals surface area contributed by atoms with Crippen LogP contribution in [0.15, 0.2) is 147 Å². The summed E-state index contributed by atoms with van der Waals surface area (Å²) in [4.78, 5) is 60.1. The van der Waals surface area contributed by atoms with E-state index < -0.39 is 9.84 Å². The topological polar surface area (TPSA) is 183 Å². The lowest BCUT2D eigenvalue weighted by Crippen LogP contribution is -2.23. The van der Waals surface area contributed by atoms with Crippen LogP contribution < -0.4 is 26.2 Å². The van der Waals surface area contributed by atoms with E-state index in [9.17, 15) is 22.8 Å². The Kier molecular flexibility index (Phi) is 14.4.